The Morgan fingerprint density at radius 3 is 2.29 bits per heavy atom. The first kappa shape index (κ1) is 17.5. The van der Waals surface area contributed by atoms with E-state index in [0.29, 0.717) is 5.69 Å². The molecule has 24 heavy (non-hydrogen) atoms. The normalized spacial score (nSPS) is 11.4. The third-order valence-corrected chi connectivity index (χ3v) is 6.38. The van der Waals surface area contributed by atoms with Crippen LogP contribution in [0.1, 0.15) is 0 Å². The van der Waals surface area contributed by atoms with Crippen LogP contribution in [0.3, 0.4) is 0 Å². The van der Waals surface area contributed by atoms with Crippen molar-refractivity contribution >= 4 is 62.0 Å². The van der Waals surface area contributed by atoms with Gasteiger partial charge in [-0.2, -0.15) is 0 Å². The molecule has 0 aliphatic rings. The van der Waals surface area contributed by atoms with Crippen molar-refractivity contribution in [2.24, 2.45) is 0 Å². The SMILES string of the molecule is O=S(=O)(Nc1ccc(Sc2nncs2)cc1)c1cc(Cl)cc(Cl)c1. The Morgan fingerprint density at radius 2 is 1.71 bits per heavy atom. The molecule has 0 amide bonds. The number of sulfonamides is 1. The van der Waals surface area contributed by atoms with E-state index in [4.69, 9.17) is 23.2 Å². The molecule has 0 unspecified atom stereocenters. The third-order valence-electron chi connectivity index (χ3n) is 2.80. The van der Waals surface area contributed by atoms with Gasteiger partial charge >= 0.3 is 0 Å². The fraction of sp³-hybridized carbons (Fsp3) is 0. The topological polar surface area (TPSA) is 72.0 Å². The number of hydrogen-bond acceptors (Lipinski definition) is 6. The maximum absolute atomic E-state index is 12.4. The standard InChI is InChI=1S/C14H9Cl2N3O2S3/c15-9-5-10(16)7-13(6-9)24(20,21)19-11-1-3-12(4-2-11)23-14-18-17-8-22-14/h1-8,19H. The van der Waals surface area contributed by atoms with Gasteiger partial charge in [0, 0.05) is 20.6 Å². The van der Waals surface area contributed by atoms with Crippen molar-refractivity contribution < 1.29 is 8.42 Å². The first-order valence-corrected chi connectivity index (χ1v) is 10.4. The summed E-state index contributed by atoms with van der Waals surface area (Å²) in [7, 11) is -3.77. The van der Waals surface area contributed by atoms with Gasteiger partial charge in [0.1, 0.15) is 5.51 Å². The van der Waals surface area contributed by atoms with E-state index in [1.807, 2.05) is 0 Å². The van der Waals surface area contributed by atoms with E-state index in [1.54, 1.807) is 29.8 Å². The van der Waals surface area contributed by atoms with Crippen LogP contribution >= 0.6 is 46.3 Å². The van der Waals surface area contributed by atoms with Crippen LogP contribution in [0.15, 0.2) is 62.1 Å². The molecule has 3 rings (SSSR count). The Kier molecular flexibility index (Phi) is 5.31. The second-order valence-electron chi connectivity index (χ2n) is 4.54. The zero-order valence-corrected chi connectivity index (χ0v) is 15.8. The van der Waals surface area contributed by atoms with Gasteiger partial charge in [-0.1, -0.05) is 46.3 Å². The second-order valence-corrected chi connectivity index (χ2v) is 9.25. The molecule has 0 aliphatic carbocycles. The van der Waals surface area contributed by atoms with Crippen molar-refractivity contribution in [1.29, 1.82) is 0 Å². The molecule has 1 N–H and O–H groups in total. The predicted octanol–water partition coefficient (Wildman–Crippen LogP) is 4.80. The van der Waals surface area contributed by atoms with E-state index >= 15 is 0 Å². The molecule has 124 valence electrons. The number of nitrogens with one attached hydrogen (secondary N) is 1. The first-order chi connectivity index (χ1) is 11.4. The molecule has 0 atom stereocenters. The summed E-state index contributed by atoms with van der Waals surface area (Å²) in [5.74, 6) is 0. The lowest BCUT2D eigenvalue weighted by molar-refractivity contribution is 0.601. The highest BCUT2D eigenvalue weighted by Crippen LogP contribution is 2.30. The molecule has 1 aromatic heterocycles. The molecule has 1 heterocycles. The Balaban J connectivity index is 1.77. The van der Waals surface area contributed by atoms with Crippen LogP contribution in [-0.4, -0.2) is 18.6 Å². The number of nitrogens with zero attached hydrogens (tertiary/aromatic N) is 2. The van der Waals surface area contributed by atoms with Gasteiger partial charge in [-0.25, -0.2) is 8.42 Å². The van der Waals surface area contributed by atoms with E-state index in [2.05, 4.69) is 14.9 Å². The molecule has 3 aromatic rings. The summed E-state index contributed by atoms with van der Waals surface area (Å²) < 4.78 is 28.1. The highest BCUT2D eigenvalue weighted by Gasteiger charge is 2.16. The maximum Gasteiger partial charge on any atom is 0.261 e. The summed E-state index contributed by atoms with van der Waals surface area (Å²) in [5.41, 5.74) is 2.09. The third kappa shape index (κ3) is 4.40. The van der Waals surface area contributed by atoms with Gasteiger partial charge in [0.25, 0.3) is 10.0 Å². The average Bonchev–Trinajstić information content (AvgIpc) is 3.01. The van der Waals surface area contributed by atoms with Gasteiger partial charge in [0.15, 0.2) is 4.34 Å². The number of rotatable bonds is 5. The highest BCUT2D eigenvalue weighted by molar-refractivity contribution is 8.01. The fourth-order valence-corrected chi connectivity index (χ4v) is 5.03. The van der Waals surface area contributed by atoms with E-state index in [-0.39, 0.29) is 14.9 Å². The number of anilines is 1. The first-order valence-electron chi connectivity index (χ1n) is 6.45. The van der Waals surface area contributed by atoms with E-state index in [9.17, 15) is 8.42 Å². The Hall–Kier alpha value is -1.32. The molecule has 0 saturated heterocycles. The number of benzene rings is 2. The largest absolute Gasteiger partial charge is 0.280 e. The van der Waals surface area contributed by atoms with Crippen molar-refractivity contribution in [3.8, 4) is 0 Å². The summed E-state index contributed by atoms with van der Waals surface area (Å²) in [6.45, 7) is 0. The van der Waals surface area contributed by atoms with E-state index in [0.717, 1.165) is 9.24 Å². The van der Waals surface area contributed by atoms with Gasteiger partial charge in [0.05, 0.1) is 4.90 Å². The predicted molar refractivity (Wildman–Crippen MR) is 97.7 cm³/mol. The van der Waals surface area contributed by atoms with Gasteiger partial charge in [-0.15, -0.1) is 10.2 Å². The van der Waals surface area contributed by atoms with Crippen LogP contribution in [0, 0.1) is 0 Å². The van der Waals surface area contributed by atoms with Crippen molar-refractivity contribution in [3.05, 3.63) is 58.0 Å². The minimum Gasteiger partial charge on any atom is -0.280 e. The van der Waals surface area contributed by atoms with Gasteiger partial charge in [-0.3, -0.25) is 4.72 Å². The van der Waals surface area contributed by atoms with E-state index < -0.39 is 10.0 Å². The Labute approximate surface area is 157 Å². The van der Waals surface area contributed by atoms with E-state index in [1.165, 1.54) is 41.3 Å². The molecule has 0 radical (unpaired) electrons. The molecule has 0 aliphatic heterocycles. The zero-order valence-electron chi connectivity index (χ0n) is 11.8. The van der Waals surface area contributed by atoms with Crippen molar-refractivity contribution in [1.82, 2.24) is 10.2 Å². The maximum atomic E-state index is 12.4. The lowest BCUT2D eigenvalue weighted by atomic mass is 10.3. The molecule has 10 heteroatoms. The van der Waals surface area contributed by atoms with Crippen molar-refractivity contribution in [3.63, 3.8) is 0 Å². The molecule has 0 saturated carbocycles. The summed E-state index contributed by atoms with van der Waals surface area (Å²) in [6, 6.07) is 11.1. The molecule has 0 spiro atoms. The van der Waals surface area contributed by atoms with Gasteiger partial charge < -0.3 is 0 Å². The minimum absolute atomic E-state index is 0.00677. The Morgan fingerprint density at radius 1 is 1.04 bits per heavy atom. The van der Waals surface area contributed by atoms with Crippen LogP contribution < -0.4 is 4.72 Å². The van der Waals surface area contributed by atoms with Crippen LogP contribution in [0.5, 0.6) is 0 Å². The lowest BCUT2D eigenvalue weighted by Crippen LogP contribution is -2.12. The summed E-state index contributed by atoms with van der Waals surface area (Å²) in [6.07, 6.45) is 0. The zero-order chi connectivity index (χ0) is 17.2. The quantitative estimate of drug-likeness (QED) is 0.645. The Bertz CT molecular complexity index is 926. The summed E-state index contributed by atoms with van der Waals surface area (Å²) in [4.78, 5) is 0.938. The molecular formula is C14H9Cl2N3O2S3. The number of hydrogen-bond donors (Lipinski definition) is 1. The summed E-state index contributed by atoms with van der Waals surface area (Å²) in [5, 5.41) is 8.22. The monoisotopic (exact) mass is 417 g/mol. The van der Waals surface area contributed by atoms with Crippen LogP contribution in [0.25, 0.3) is 0 Å². The molecule has 0 bridgehead atoms. The smallest absolute Gasteiger partial charge is 0.261 e. The molecule has 2 aromatic carbocycles. The van der Waals surface area contributed by atoms with Crippen molar-refractivity contribution in [2.45, 2.75) is 14.1 Å². The second kappa shape index (κ2) is 7.28. The molecule has 5 nitrogen and oxygen atoms in total. The minimum atomic E-state index is -3.77. The fourth-order valence-electron chi connectivity index (χ4n) is 1.80. The van der Waals surface area contributed by atoms with Crippen LogP contribution in [0.4, 0.5) is 5.69 Å². The number of aromatic nitrogens is 2. The van der Waals surface area contributed by atoms with Crippen LogP contribution in [0.2, 0.25) is 10.0 Å². The molecule has 0 fully saturated rings. The summed E-state index contributed by atoms with van der Waals surface area (Å²) >= 11 is 14.6. The van der Waals surface area contributed by atoms with Gasteiger partial charge in [0.2, 0.25) is 0 Å². The molecular weight excluding hydrogens is 409 g/mol. The van der Waals surface area contributed by atoms with Crippen LogP contribution in [-0.2, 0) is 10.0 Å². The lowest BCUT2D eigenvalue weighted by Gasteiger charge is -2.09. The van der Waals surface area contributed by atoms with Crippen molar-refractivity contribution in [2.75, 3.05) is 4.72 Å². The average molecular weight is 418 g/mol. The highest BCUT2D eigenvalue weighted by atomic mass is 35.5. The number of halogens is 2. The van der Waals surface area contributed by atoms with Gasteiger partial charge in [-0.05, 0) is 42.5 Å².